The van der Waals surface area contributed by atoms with E-state index in [1.807, 2.05) is 0 Å². The molecular weight excluding hydrogens is 829 g/mol. The summed E-state index contributed by atoms with van der Waals surface area (Å²) >= 11 is 0. The van der Waals surface area contributed by atoms with Crippen molar-refractivity contribution in [1.29, 1.82) is 0 Å². The van der Waals surface area contributed by atoms with Crippen molar-refractivity contribution < 1.29 is 24.9 Å². The Labute approximate surface area is 411 Å². The summed E-state index contributed by atoms with van der Waals surface area (Å²) in [7, 11) is 0. The molecule has 0 heterocycles. The standard InChI is InChI=1S/C30H51NO2.C24H38O3.C6H15N/c1-19(2)31(20(3)4)28(33)13-8-21(5)25-11-12-26-24-10-9-22-18-23(32)14-16-29(22,6)27(24)15-17-30(25,26)7;1-15(4-9-22(26)27)19-7-8-20-18-6-5-16-14-17(25)10-12-23(16,2)21(18)11-13-24(19,20)3;1-5(2)7-6(3)4/h9,19-21,23-27,32H,8,10-18H2,1-7H3;5,15,17-21,25H,4,6-14H2,1-3H3,(H,26,27);5-7H,1-4H3/t21-,23+,24+,25-,26+,27+,29+,30-;15-,17+,18+,19-,20+,21+,23+,24-;/m11./s1. The summed E-state index contributed by atoms with van der Waals surface area (Å²) < 4.78 is 0. The second-order valence-electron chi connectivity index (χ2n) is 26.7. The Morgan fingerprint density at radius 1 is 0.582 bits per heavy atom. The summed E-state index contributed by atoms with van der Waals surface area (Å²) in [5.74, 6) is 7.13. The third kappa shape index (κ3) is 11.3. The number of aliphatic carboxylic acids is 1. The van der Waals surface area contributed by atoms with Crippen molar-refractivity contribution in [3.05, 3.63) is 23.3 Å². The number of carboxylic acid groups (broad SMARTS) is 1. The Balaban J connectivity index is 0.000000196. The van der Waals surface area contributed by atoms with Gasteiger partial charge in [-0.15, -0.1) is 0 Å². The van der Waals surface area contributed by atoms with Crippen LogP contribution in [0.3, 0.4) is 0 Å². The molecule has 0 bridgehead atoms. The van der Waals surface area contributed by atoms with Crippen LogP contribution in [0.1, 0.15) is 225 Å². The smallest absolute Gasteiger partial charge is 0.303 e. The van der Waals surface area contributed by atoms with Crippen molar-refractivity contribution in [3.8, 4) is 0 Å². The van der Waals surface area contributed by atoms with Gasteiger partial charge in [0.1, 0.15) is 0 Å². The number of rotatable bonds is 12. The first-order valence-electron chi connectivity index (χ1n) is 28.4. The van der Waals surface area contributed by atoms with Crippen molar-refractivity contribution in [2.75, 3.05) is 0 Å². The molecule has 384 valence electrons. The summed E-state index contributed by atoms with van der Waals surface area (Å²) in [4.78, 5) is 26.1. The Kier molecular flexibility index (Phi) is 17.9. The molecule has 67 heavy (non-hydrogen) atoms. The molecule has 7 heteroatoms. The van der Waals surface area contributed by atoms with Crippen LogP contribution in [-0.2, 0) is 9.59 Å². The molecule has 0 aromatic heterocycles. The lowest BCUT2D eigenvalue weighted by atomic mass is 9.47. The van der Waals surface area contributed by atoms with E-state index in [9.17, 15) is 19.8 Å². The quantitative estimate of drug-likeness (QED) is 0.145. The second kappa shape index (κ2) is 22.0. The van der Waals surface area contributed by atoms with Crippen LogP contribution in [0.15, 0.2) is 23.3 Å². The number of fused-ring (bicyclic) bond motifs is 10. The van der Waals surface area contributed by atoms with E-state index in [0.29, 0.717) is 70.2 Å². The van der Waals surface area contributed by atoms with Crippen LogP contribution >= 0.6 is 0 Å². The first kappa shape index (κ1) is 54.6. The molecule has 4 N–H and O–H groups in total. The highest BCUT2D eigenvalue weighted by atomic mass is 16.4. The highest BCUT2D eigenvalue weighted by molar-refractivity contribution is 5.76. The van der Waals surface area contributed by atoms with Gasteiger partial charge in [-0.3, -0.25) is 9.59 Å². The van der Waals surface area contributed by atoms with Crippen LogP contribution < -0.4 is 5.32 Å². The van der Waals surface area contributed by atoms with Gasteiger partial charge < -0.3 is 25.5 Å². The van der Waals surface area contributed by atoms with Crippen LogP contribution in [0, 0.1) is 80.8 Å². The topological polar surface area (TPSA) is 110 Å². The maximum Gasteiger partial charge on any atom is 0.303 e. The van der Waals surface area contributed by atoms with Gasteiger partial charge in [-0.1, -0.05) is 92.5 Å². The fourth-order valence-electron chi connectivity index (χ4n) is 18.3. The predicted molar refractivity (Wildman–Crippen MR) is 277 cm³/mol. The molecule has 0 saturated heterocycles. The van der Waals surface area contributed by atoms with Gasteiger partial charge in [0.2, 0.25) is 5.91 Å². The van der Waals surface area contributed by atoms with E-state index in [1.165, 1.54) is 70.6 Å². The number of aliphatic hydroxyl groups is 2. The lowest BCUT2D eigenvalue weighted by Crippen LogP contribution is -2.50. The van der Waals surface area contributed by atoms with Crippen LogP contribution in [-0.4, -0.2) is 68.5 Å². The average Bonchev–Trinajstić information content (AvgIpc) is 3.79. The van der Waals surface area contributed by atoms with E-state index in [0.717, 1.165) is 86.4 Å². The number of allylic oxidation sites excluding steroid dienone is 2. The number of carbonyl (C=O) groups is 2. The SMILES string of the molecule is CC(C)N(C(=O)CC[C@@H](C)[C@H]1CC[C@H]2[C@@H]3CC=C4C[C@@H](O)CC[C@]4(C)[C@H]3CC[C@]12C)C(C)C.CC(C)NC(C)C.C[C@H](CCC(=O)O)[C@H]1CC[C@H]2[C@@H]3CC=C4C[C@@H](O)CC[C@]4(C)[C@H]3CC[C@]12C. The third-order valence-corrected chi connectivity index (χ3v) is 21.4. The zero-order valence-electron chi connectivity index (χ0n) is 45.6. The van der Waals surface area contributed by atoms with Crippen molar-refractivity contribution in [3.63, 3.8) is 0 Å². The van der Waals surface area contributed by atoms with Gasteiger partial charge in [0, 0.05) is 37.0 Å². The summed E-state index contributed by atoms with van der Waals surface area (Å²) in [5, 5.41) is 32.8. The molecular formula is C60H104N2O5. The lowest BCUT2D eigenvalue weighted by molar-refractivity contribution is -0.137. The van der Waals surface area contributed by atoms with E-state index in [1.54, 1.807) is 11.1 Å². The van der Waals surface area contributed by atoms with Gasteiger partial charge in [-0.2, -0.15) is 0 Å². The van der Waals surface area contributed by atoms with Crippen LogP contribution in [0.25, 0.3) is 0 Å². The molecule has 0 aromatic rings. The number of nitrogens with zero attached hydrogens (tertiary/aromatic N) is 1. The molecule has 16 atom stereocenters. The zero-order valence-corrected chi connectivity index (χ0v) is 45.6. The fraction of sp³-hybridized carbons (Fsp3) is 0.900. The van der Waals surface area contributed by atoms with E-state index < -0.39 is 5.97 Å². The summed E-state index contributed by atoms with van der Waals surface area (Å²) in [6, 6.07) is 1.81. The predicted octanol–water partition coefficient (Wildman–Crippen LogP) is 13.8. The highest BCUT2D eigenvalue weighted by Gasteiger charge is 2.61. The van der Waals surface area contributed by atoms with Gasteiger partial charge in [0.25, 0.3) is 0 Å². The molecule has 0 unspecified atom stereocenters. The molecule has 0 aromatic carbocycles. The fourth-order valence-corrected chi connectivity index (χ4v) is 18.3. The molecule has 6 fully saturated rings. The molecule has 8 rings (SSSR count). The Hall–Kier alpha value is -1.70. The highest BCUT2D eigenvalue weighted by Crippen LogP contribution is 2.69. The lowest BCUT2D eigenvalue weighted by Gasteiger charge is -2.58. The molecule has 6 saturated carbocycles. The molecule has 7 nitrogen and oxygen atoms in total. The van der Waals surface area contributed by atoms with Gasteiger partial charge in [-0.05, 0) is 224 Å². The number of carbonyl (C=O) groups excluding carboxylic acids is 1. The number of amides is 1. The maximum absolute atomic E-state index is 13.0. The van der Waals surface area contributed by atoms with E-state index in [4.69, 9.17) is 5.11 Å². The number of nitrogens with one attached hydrogen (secondary N) is 1. The van der Waals surface area contributed by atoms with Gasteiger partial charge in [0.15, 0.2) is 0 Å². The van der Waals surface area contributed by atoms with Gasteiger partial charge >= 0.3 is 5.97 Å². The number of hydrogen-bond donors (Lipinski definition) is 4. The minimum absolute atomic E-state index is 0.114. The van der Waals surface area contributed by atoms with Crippen LogP contribution in [0.5, 0.6) is 0 Å². The molecule has 8 aliphatic rings. The number of hydrogen-bond acceptors (Lipinski definition) is 5. The second-order valence-corrected chi connectivity index (χ2v) is 26.7. The third-order valence-electron chi connectivity index (χ3n) is 21.4. The minimum Gasteiger partial charge on any atom is -0.481 e. The van der Waals surface area contributed by atoms with Gasteiger partial charge in [0.05, 0.1) is 12.2 Å². The van der Waals surface area contributed by atoms with Crippen molar-refractivity contribution >= 4 is 11.9 Å². The summed E-state index contributed by atoms with van der Waals surface area (Å²) in [6.07, 6.45) is 27.0. The molecule has 0 spiro atoms. The van der Waals surface area contributed by atoms with Crippen molar-refractivity contribution in [1.82, 2.24) is 10.2 Å². The molecule has 1 amide bonds. The summed E-state index contributed by atoms with van der Waals surface area (Å²) in [6.45, 7) is 32.1. The van der Waals surface area contributed by atoms with Crippen LogP contribution in [0.4, 0.5) is 0 Å². The Morgan fingerprint density at radius 2 is 0.985 bits per heavy atom. The Bertz CT molecular complexity index is 1720. The first-order valence-corrected chi connectivity index (χ1v) is 28.4. The number of carboxylic acids is 1. The first-order chi connectivity index (χ1) is 31.4. The van der Waals surface area contributed by atoms with E-state index >= 15 is 0 Å². The Morgan fingerprint density at radius 3 is 1.34 bits per heavy atom. The van der Waals surface area contributed by atoms with E-state index in [-0.39, 0.29) is 24.3 Å². The summed E-state index contributed by atoms with van der Waals surface area (Å²) in [5.41, 5.74) is 4.61. The van der Waals surface area contributed by atoms with Crippen LogP contribution in [0.2, 0.25) is 0 Å². The monoisotopic (exact) mass is 933 g/mol. The normalized spacial score (nSPS) is 40.6. The largest absolute Gasteiger partial charge is 0.481 e. The average molecular weight is 934 g/mol. The molecule has 8 aliphatic carbocycles. The molecule has 0 aliphatic heterocycles. The van der Waals surface area contributed by atoms with E-state index in [2.05, 4.69) is 119 Å². The van der Waals surface area contributed by atoms with Gasteiger partial charge in [-0.25, -0.2) is 0 Å². The van der Waals surface area contributed by atoms with Crippen molar-refractivity contribution in [2.24, 2.45) is 80.8 Å². The van der Waals surface area contributed by atoms with Crippen molar-refractivity contribution in [2.45, 2.75) is 262 Å². The zero-order chi connectivity index (χ0) is 49.4. The molecule has 0 radical (unpaired) electrons. The number of aliphatic hydroxyl groups excluding tert-OH is 2. The minimum atomic E-state index is -0.650. The maximum atomic E-state index is 13.0.